The number of piperazine rings is 1. The lowest BCUT2D eigenvalue weighted by Crippen LogP contribution is -2.59. The summed E-state index contributed by atoms with van der Waals surface area (Å²) in [5.41, 5.74) is 0. The summed E-state index contributed by atoms with van der Waals surface area (Å²) in [6.45, 7) is 9.45. The molecule has 0 aromatic rings. The maximum Gasteiger partial charge on any atom is 0.0252 e. The average molecular weight is 196 g/mol. The van der Waals surface area contributed by atoms with E-state index >= 15 is 0 Å². The first-order chi connectivity index (χ1) is 6.72. The summed E-state index contributed by atoms with van der Waals surface area (Å²) >= 11 is 0. The predicted octanol–water partition coefficient (Wildman–Crippen LogP) is 1.86. The van der Waals surface area contributed by atoms with Crippen LogP contribution in [0.2, 0.25) is 0 Å². The van der Waals surface area contributed by atoms with Gasteiger partial charge < -0.3 is 5.32 Å². The molecule has 1 N–H and O–H groups in total. The first kappa shape index (κ1) is 10.4. The third-order valence-corrected chi connectivity index (χ3v) is 3.80. The summed E-state index contributed by atoms with van der Waals surface area (Å²) in [6.07, 6.45) is 4.19. The van der Waals surface area contributed by atoms with Crippen molar-refractivity contribution in [2.75, 3.05) is 13.1 Å². The number of hydrogen-bond acceptors (Lipinski definition) is 2. The maximum atomic E-state index is 3.68. The Labute approximate surface area is 88.1 Å². The smallest absolute Gasteiger partial charge is 0.0252 e. The molecule has 2 rings (SSSR count). The minimum Gasteiger partial charge on any atom is -0.311 e. The van der Waals surface area contributed by atoms with Crippen LogP contribution in [0.15, 0.2) is 0 Å². The Balaban J connectivity index is 1.96. The lowest BCUT2D eigenvalue weighted by molar-refractivity contribution is 0.0824. The van der Waals surface area contributed by atoms with Crippen molar-refractivity contribution in [3.05, 3.63) is 0 Å². The average Bonchev–Trinajstić information content (AvgIpc) is 3.00. The fraction of sp³-hybridized carbons (Fsp3) is 1.00. The summed E-state index contributed by atoms with van der Waals surface area (Å²) < 4.78 is 0. The van der Waals surface area contributed by atoms with E-state index in [2.05, 4.69) is 31.0 Å². The van der Waals surface area contributed by atoms with Crippen LogP contribution in [0.25, 0.3) is 0 Å². The quantitative estimate of drug-likeness (QED) is 0.741. The first-order valence-electron chi connectivity index (χ1n) is 6.21. The minimum atomic E-state index is 0.719. The zero-order valence-electron chi connectivity index (χ0n) is 9.79. The fourth-order valence-electron chi connectivity index (χ4n) is 2.64. The Morgan fingerprint density at radius 1 is 1.36 bits per heavy atom. The van der Waals surface area contributed by atoms with Crippen LogP contribution in [0, 0.1) is 5.92 Å². The van der Waals surface area contributed by atoms with Gasteiger partial charge >= 0.3 is 0 Å². The molecule has 2 unspecified atom stereocenters. The van der Waals surface area contributed by atoms with Crippen LogP contribution < -0.4 is 5.32 Å². The van der Waals surface area contributed by atoms with Crippen LogP contribution in [-0.4, -0.2) is 36.1 Å². The van der Waals surface area contributed by atoms with E-state index < -0.39 is 0 Å². The van der Waals surface area contributed by atoms with Crippen LogP contribution >= 0.6 is 0 Å². The van der Waals surface area contributed by atoms with Gasteiger partial charge in [-0.05, 0) is 39.0 Å². The molecular weight excluding hydrogens is 172 g/mol. The zero-order valence-corrected chi connectivity index (χ0v) is 9.79. The normalized spacial score (nSPS) is 35.1. The van der Waals surface area contributed by atoms with E-state index in [9.17, 15) is 0 Å². The van der Waals surface area contributed by atoms with Crippen molar-refractivity contribution in [1.29, 1.82) is 0 Å². The van der Waals surface area contributed by atoms with Gasteiger partial charge in [0.15, 0.2) is 0 Å². The summed E-state index contributed by atoms with van der Waals surface area (Å²) in [5.74, 6) is 1.00. The van der Waals surface area contributed by atoms with E-state index in [-0.39, 0.29) is 0 Å². The van der Waals surface area contributed by atoms with Crippen molar-refractivity contribution in [2.45, 2.75) is 58.2 Å². The molecule has 82 valence electrons. The van der Waals surface area contributed by atoms with Crippen molar-refractivity contribution in [2.24, 2.45) is 5.92 Å². The second-order valence-electron chi connectivity index (χ2n) is 5.21. The van der Waals surface area contributed by atoms with Crippen molar-refractivity contribution < 1.29 is 0 Å². The molecule has 1 heterocycles. The lowest BCUT2D eigenvalue weighted by Gasteiger charge is -2.43. The molecule has 2 nitrogen and oxygen atoms in total. The fourth-order valence-corrected chi connectivity index (χ4v) is 2.64. The van der Waals surface area contributed by atoms with E-state index in [0.29, 0.717) is 0 Å². The number of hydrogen-bond donors (Lipinski definition) is 1. The van der Waals surface area contributed by atoms with Gasteiger partial charge in [-0.3, -0.25) is 4.90 Å². The van der Waals surface area contributed by atoms with Crippen molar-refractivity contribution in [3.8, 4) is 0 Å². The third kappa shape index (κ3) is 2.12. The van der Waals surface area contributed by atoms with Gasteiger partial charge in [0.2, 0.25) is 0 Å². The second-order valence-corrected chi connectivity index (χ2v) is 5.21. The SMILES string of the molecule is CCC1CN(C(C)C)C(C2CC2)CN1. The van der Waals surface area contributed by atoms with E-state index in [1.165, 1.54) is 32.4 Å². The minimum absolute atomic E-state index is 0.719. The Morgan fingerprint density at radius 2 is 2.07 bits per heavy atom. The second kappa shape index (κ2) is 4.19. The van der Waals surface area contributed by atoms with E-state index in [1.807, 2.05) is 0 Å². The molecule has 2 heteroatoms. The molecule has 2 atom stereocenters. The van der Waals surface area contributed by atoms with Crippen molar-refractivity contribution >= 4 is 0 Å². The summed E-state index contributed by atoms with van der Waals surface area (Å²) in [7, 11) is 0. The molecule has 1 saturated heterocycles. The highest BCUT2D eigenvalue weighted by atomic mass is 15.3. The summed E-state index contributed by atoms with van der Waals surface area (Å²) in [6, 6.07) is 2.28. The lowest BCUT2D eigenvalue weighted by atomic mass is 10.0. The Kier molecular flexibility index (Phi) is 3.13. The highest BCUT2D eigenvalue weighted by Gasteiger charge is 2.39. The molecule has 0 aromatic heterocycles. The monoisotopic (exact) mass is 196 g/mol. The molecule has 0 radical (unpaired) electrons. The van der Waals surface area contributed by atoms with Gasteiger partial charge in [0.1, 0.15) is 0 Å². The Hall–Kier alpha value is -0.0800. The molecular formula is C12H24N2. The van der Waals surface area contributed by atoms with Crippen LogP contribution in [0.3, 0.4) is 0 Å². The van der Waals surface area contributed by atoms with Crippen LogP contribution in [0.4, 0.5) is 0 Å². The maximum absolute atomic E-state index is 3.68. The molecule has 1 saturated carbocycles. The van der Waals surface area contributed by atoms with Crippen molar-refractivity contribution in [3.63, 3.8) is 0 Å². The Bertz CT molecular complexity index is 187. The standard InChI is InChI=1S/C12H24N2/c1-4-11-8-14(9(2)3)12(7-13-11)10-5-6-10/h9-13H,4-8H2,1-3H3. The molecule has 1 aliphatic heterocycles. The third-order valence-electron chi connectivity index (χ3n) is 3.80. The van der Waals surface area contributed by atoms with E-state index in [1.54, 1.807) is 0 Å². The number of nitrogens with zero attached hydrogens (tertiary/aromatic N) is 1. The van der Waals surface area contributed by atoms with Gasteiger partial charge in [-0.1, -0.05) is 6.92 Å². The summed E-state index contributed by atoms with van der Waals surface area (Å²) in [5, 5.41) is 3.68. The van der Waals surface area contributed by atoms with Crippen molar-refractivity contribution in [1.82, 2.24) is 10.2 Å². The van der Waals surface area contributed by atoms with Gasteiger partial charge in [-0.15, -0.1) is 0 Å². The van der Waals surface area contributed by atoms with Gasteiger partial charge in [-0.25, -0.2) is 0 Å². The molecule has 2 fully saturated rings. The first-order valence-corrected chi connectivity index (χ1v) is 6.21. The topological polar surface area (TPSA) is 15.3 Å². The molecule has 14 heavy (non-hydrogen) atoms. The van der Waals surface area contributed by atoms with Crippen LogP contribution in [0.5, 0.6) is 0 Å². The predicted molar refractivity (Wildman–Crippen MR) is 60.4 cm³/mol. The largest absolute Gasteiger partial charge is 0.311 e. The molecule has 0 bridgehead atoms. The molecule has 1 aliphatic carbocycles. The van der Waals surface area contributed by atoms with Crippen LogP contribution in [0.1, 0.15) is 40.0 Å². The van der Waals surface area contributed by atoms with E-state index in [4.69, 9.17) is 0 Å². The summed E-state index contributed by atoms with van der Waals surface area (Å²) in [4.78, 5) is 2.72. The number of rotatable bonds is 3. The Morgan fingerprint density at radius 3 is 2.57 bits per heavy atom. The van der Waals surface area contributed by atoms with Crippen LogP contribution in [-0.2, 0) is 0 Å². The zero-order chi connectivity index (χ0) is 10.1. The molecule has 2 aliphatic rings. The van der Waals surface area contributed by atoms with Gasteiger partial charge in [0, 0.05) is 31.2 Å². The highest BCUT2D eigenvalue weighted by molar-refractivity contribution is 4.95. The van der Waals surface area contributed by atoms with Gasteiger partial charge in [0.25, 0.3) is 0 Å². The van der Waals surface area contributed by atoms with Gasteiger partial charge in [-0.2, -0.15) is 0 Å². The van der Waals surface area contributed by atoms with Gasteiger partial charge in [0.05, 0.1) is 0 Å². The molecule has 0 amide bonds. The highest BCUT2D eigenvalue weighted by Crippen LogP contribution is 2.37. The van der Waals surface area contributed by atoms with E-state index in [0.717, 1.165) is 24.0 Å². The molecule has 0 aromatic carbocycles. The number of nitrogens with one attached hydrogen (secondary N) is 1. The molecule has 0 spiro atoms.